The van der Waals surface area contributed by atoms with Gasteiger partial charge in [-0.3, -0.25) is 19.7 Å². The van der Waals surface area contributed by atoms with Gasteiger partial charge in [-0.15, -0.1) is 10.2 Å². The Balaban J connectivity index is 1.62. The first-order valence-corrected chi connectivity index (χ1v) is 10.7. The largest absolute Gasteiger partial charge is 0.496 e. The highest BCUT2D eigenvalue weighted by Crippen LogP contribution is 2.26. The van der Waals surface area contributed by atoms with Gasteiger partial charge in [-0.25, -0.2) is 0 Å². The van der Waals surface area contributed by atoms with E-state index in [1.54, 1.807) is 41.9 Å². The number of aromatic nitrogens is 3. The lowest BCUT2D eigenvalue weighted by atomic mass is 10.1. The minimum absolute atomic E-state index is 0.0397. The Morgan fingerprint density at radius 3 is 2.70 bits per heavy atom. The molecule has 0 spiro atoms. The smallest absolute Gasteiger partial charge is 0.270 e. The molecular formula is C21H22N6O5S. The van der Waals surface area contributed by atoms with Crippen LogP contribution in [0.15, 0.2) is 47.6 Å². The summed E-state index contributed by atoms with van der Waals surface area (Å²) in [5.74, 6) is 0.717. The zero-order chi connectivity index (χ0) is 24.0. The summed E-state index contributed by atoms with van der Waals surface area (Å²) in [6.45, 7) is 1.63. The Morgan fingerprint density at radius 1 is 1.21 bits per heavy atom. The molecule has 1 heterocycles. The molecule has 11 nitrogen and oxygen atoms in total. The Hall–Kier alpha value is -3.93. The quantitative estimate of drug-likeness (QED) is 0.276. The number of methoxy groups -OCH3 is 1. The van der Waals surface area contributed by atoms with Crippen molar-refractivity contribution in [1.82, 2.24) is 20.1 Å². The number of carbonyl (C=O) groups excluding carboxylic acids is 2. The van der Waals surface area contributed by atoms with Gasteiger partial charge in [0.25, 0.3) is 5.69 Å². The Bertz CT molecular complexity index is 1200. The SMILES string of the molecule is COc1ccc(NC(C)=O)cc1CNC(=O)CSc1nnc(-c2cccc([N+](=O)[O-])c2)n1C. The van der Waals surface area contributed by atoms with E-state index in [-0.39, 0.29) is 29.8 Å². The van der Waals surface area contributed by atoms with Gasteiger partial charge in [-0.2, -0.15) is 0 Å². The zero-order valence-corrected chi connectivity index (χ0v) is 19.0. The van der Waals surface area contributed by atoms with Crippen molar-refractivity contribution >= 4 is 35.0 Å². The number of nitro benzene ring substituents is 1. The summed E-state index contributed by atoms with van der Waals surface area (Å²) in [5, 5.41) is 25.2. The molecule has 0 saturated heterocycles. The molecule has 33 heavy (non-hydrogen) atoms. The second-order valence-corrected chi connectivity index (χ2v) is 7.89. The lowest BCUT2D eigenvalue weighted by Gasteiger charge is -2.12. The number of benzene rings is 2. The highest BCUT2D eigenvalue weighted by molar-refractivity contribution is 7.99. The number of nitro groups is 1. The van der Waals surface area contributed by atoms with Gasteiger partial charge in [0.15, 0.2) is 11.0 Å². The molecule has 0 radical (unpaired) electrons. The third-order valence-electron chi connectivity index (χ3n) is 4.56. The number of thioether (sulfide) groups is 1. The van der Waals surface area contributed by atoms with Crippen LogP contribution in [0.25, 0.3) is 11.4 Å². The lowest BCUT2D eigenvalue weighted by molar-refractivity contribution is -0.384. The van der Waals surface area contributed by atoms with Gasteiger partial charge in [0, 0.05) is 49.5 Å². The van der Waals surface area contributed by atoms with E-state index >= 15 is 0 Å². The summed E-state index contributed by atoms with van der Waals surface area (Å²) in [5.41, 5.74) is 1.84. The number of hydrogen-bond acceptors (Lipinski definition) is 8. The Labute approximate surface area is 193 Å². The highest BCUT2D eigenvalue weighted by atomic mass is 32.2. The van der Waals surface area contributed by atoms with Crippen LogP contribution >= 0.6 is 11.8 Å². The summed E-state index contributed by atoms with van der Waals surface area (Å²) < 4.78 is 7.00. The Morgan fingerprint density at radius 2 is 2.00 bits per heavy atom. The average molecular weight is 471 g/mol. The number of amides is 2. The maximum absolute atomic E-state index is 12.4. The number of carbonyl (C=O) groups is 2. The maximum atomic E-state index is 12.4. The van der Waals surface area contributed by atoms with Crippen molar-refractivity contribution in [2.75, 3.05) is 18.2 Å². The third kappa shape index (κ3) is 6.07. The first-order chi connectivity index (χ1) is 15.8. The number of rotatable bonds is 9. The first-order valence-electron chi connectivity index (χ1n) is 9.76. The molecule has 1 aromatic heterocycles. The standard InChI is InChI=1S/C21H22N6O5S/c1-13(28)23-16-7-8-18(32-3)15(9-16)11-22-19(29)12-33-21-25-24-20(26(21)2)14-5-4-6-17(10-14)27(30)31/h4-10H,11-12H2,1-3H3,(H,22,29)(H,23,28). The van der Waals surface area contributed by atoms with Gasteiger partial charge >= 0.3 is 0 Å². The molecule has 0 aliphatic carbocycles. The molecule has 0 unspecified atom stereocenters. The predicted molar refractivity (Wildman–Crippen MR) is 123 cm³/mol. The molecule has 3 aromatic rings. The van der Waals surface area contributed by atoms with E-state index in [1.165, 1.54) is 37.9 Å². The van der Waals surface area contributed by atoms with Crippen LogP contribution in [0.5, 0.6) is 5.75 Å². The van der Waals surface area contributed by atoms with E-state index in [0.29, 0.717) is 33.5 Å². The van der Waals surface area contributed by atoms with Gasteiger partial charge in [0.2, 0.25) is 11.8 Å². The number of nitrogens with one attached hydrogen (secondary N) is 2. The fourth-order valence-electron chi connectivity index (χ4n) is 3.02. The molecule has 2 amide bonds. The van der Waals surface area contributed by atoms with E-state index < -0.39 is 4.92 Å². The van der Waals surface area contributed by atoms with Crippen LogP contribution in [0, 0.1) is 10.1 Å². The van der Waals surface area contributed by atoms with Crippen LogP contribution in [0.2, 0.25) is 0 Å². The fraction of sp³-hybridized carbons (Fsp3) is 0.238. The molecule has 0 aliphatic heterocycles. The normalized spacial score (nSPS) is 10.5. The zero-order valence-electron chi connectivity index (χ0n) is 18.2. The van der Waals surface area contributed by atoms with E-state index in [4.69, 9.17) is 4.74 Å². The monoisotopic (exact) mass is 470 g/mol. The summed E-state index contributed by atoms with van der Waals surface area (Å²) >= 11 is 1.19. The van der Waals surface area contributed by atoms with E-state index in [9.17, 15) is 19.7 Å². The Kier molecular flexibility index (Phi) is 7.61. The average Bonchev–Trinajstić information content (AvgIpc) is 3.16. The minimum Gasteiger partial charge on any atom is -0.496 e. The summed E-state index contributed by atoms with van der Waals surface area (Å²) in [4.78, 5) is 34.2. The summed E-state index contributed by atoms with van der Waals surface area (Å²) in [6.07, 6.45) is 0. The van der Waals surface area contributed by atoms with Crippen LogP contribution in [-0.4, -0.2) is 44.4 Å². The second kappa shape index (κ2) is 10.6. The molecule has 172 valence electrons. The predicted octanol–water partition coefficient (Wildman–Crippen LogP) is 2.77. The van der Waals surface area contributed by atoms with Crippen molar-refractivity contribution in [2.24, 2.45) is 7.05 Å². The van der Waals surface area contributed by atoms with Crippen LogP contribution in [0.4, 0.5) is 11.4 Å². The van der Waals surface area contributed by atoms with E-state index in [1.807, 2.05) is 0 Å². The lowest BCUT2D eigenvalue weighted by Crippen LogP contribution is -2.25. The molecule has 0 fully saturated rings. The molecule has 3 rings (SSSR count). The van der Waals surface area contributed by atoms with Crippen molar-refractivity contribution in [3.8, 4) is 17.1 Å². The molecule has 2 N–H and O–H groups in total. The summed E-state index contributed by atoms with van der Waals surface area (Å²) in [7, 11) is 3.26. The van der Waals surface area contributed by atoms with Gasteiger partial charge in [0.1, 0.15) is 5.75 Å². The fourth-order valence-corrected chi connectivity index (χ4v) is 3.76. The number of nitrogens with zero attached hydrogens (tertiary/aromatic N) is 4. The van der Waals surface area contributed by atoms with Gasteiger partial charge in [-0.05, 0) is 18.2 Å². The number of anilines is 1. The van der Waals surface area contributed by atoms with Gasteiger partial charge < -0.3 is 19.9 Å². The molecule has 0 atom stereocenters. The highest BCUT2D eigenvalue weighted by Gasteiger charge is 2.16. The van der Waals surface area contributed by atoms with Crippen molar-refractivity contribution in [3.05, 3.63) is 58.1 Å². The maximum Gasteiger partial charge on any atom is 0.270 e. The van der Waals surface area contributed by atoms with Crippen molar-refractivity contribution < 1.29 is 19.2 Å². The number of hydrogen-bond donors (Lipinski definition) is 2. The van der Waals surface area contributed by atoms with E-state index in [0.717, 1.165) is 0 Å². The van der Waals surface area contributed by atoms with Crippen molar-refractivity contribution in [3.63, 3.8) is 0 Å². The minimum atomic E-state index is -0.471. The van der Waals surface area contributed by atoms with Crippen molar-refractivity contribution in [2.45, 2.75) is 18.6 Å². The molecule has 2 aromatic carbocycles. The van der Waals surface area contributed by atoms with Crippen LogP contribution in [0.3, 0.4) is 0 Å². The summed E-state index contributed by atoms with van der Waals surface area (Å²) in [6, 6.07) is 11.3. The molecular weight excluding hydrogens is 448 g/mol. The number of non-ortho nitro benzene ring substituents is 1. The second-order valence-electron chi connectivity index (χ2n) is 6.95. The molecule has 0 bridgehead atoms. The number of ether oxygens (including phenoxy) is 1. The van der Waals surface area contributed by atoms with Gasteiger partial charge in [0.05, 0.1) is 17.8 Å². The molecule has 0 saturated carbocycles. The van der Waals surface area contributed by atoms with E-state index in [2.05, 4.69) is 20.8 Å². The molecule has 12 heteroatoms. The van der Waals surface area contributed by atoms with Crippen LogP contribution in [-0.2, 0) is 23.2 Å². The van der Waals surface area contributed by atoms with Gasteiger partial charge in [-0.1, -0.05) is 23.9 Å². The topological polar surface area (TPSA) is 141 Å². The van der Waals surface area contributed by atoms with Crippen molar-refractivity contribution in [1.29, 1.82) is 0 Å². The third-order valence-corrected chi connectivity index (χ3v) is 5.58. The van der Waals surface area contributed by atoms with Crippen LogP contribution in [0.1, 0.15) is 12.5 Å². The first kappa shape index (κ1) is 23.7. The molecule has 0 aliphatic rings. The van der Waals surface area contributed by atoms with Crippen LogP contribution < -0.4 is 15.4 Å².